The average molecular weight is 437 g/mol. The Labute approximate surface area is 188 Å². The number of likely N-dealkylation sites (tertiary alicyclic amines) is 1. The predicted octanol–water partition coefficient (Wildman–Crippen LogP) is 2.58. The Morgan fingerprint density at radius 3 is 2.62 bits per heavy atom. The Balaban J connectivity index is 1.21. The average Bonchev–Trinajstić information content (AvgIpc) is 3.31. The molecular weight excluding hydrogens is 404 g/mol. The maximum Gasteiger partial charge on any atom is 0.237 e. The summed E-state index contributed by atoms with van der Waals surface area (Å²) in [6.07, 6.45) is 8.39. The predicted molar refractivity (Wildman–Crippen MR) is 124 cm³/mol. The first kappa shape index (κ1) is 20.0. The van der Waals surface area contributed by atoms with E-state index in [-0.39, 0.29) is 11.8 Å². The number of piperazine rings is 1. The summed E-state index contributed by atoms with van der Waals surface area (Å²) in [7, 11) is 0. The molecule has 3 atom stereocenters. The molecule has 170 valence electrons. The largest absolute Gasteiger partial charge is 0.368 e. The summed E-state index contributed by atoms with van der Waals surface area (Å²) >= 11 is 0. The van der Waals surface area contributed by atoms with Crippen LogP contribution < -0.4 is 10.2 Å². The molecule has 0 spiro atoms. The number of amides is 2. The number of carbonyl (C=O) groups excluding carboxylic acids is 2. The second kappa shape index (κ2) is 7.76. The van der Waals surface area contributed by atoms with Crippen molar-refractivity contribution in [1.82, 2.24) is 19.8 Å². The molecule has 2 unspecified atom stereocenters. The molecule has 5 heterocycles. The Morgan fingerprint density at radius 1 is 1.16 bits per heavy atom. The fourth-order valence-corrected chi connectivity index (χ4v) is 5.92. The van der Waals surface area contributed by atoms with Gasteiger partial charge in [0, 0.05) is 61.3 Å². The summed E-state index contributed by atoms with van der Waals surface area (Å²) in [6.45, 7) is 5.43. The molecule has 2 aromatic heterocycles. The van der Waals surface area contributed by atoms with Gasteiger partial charge < -0.3 is 20.1 Å². The fraction of sp³-hybridized carbons (Fsp3) is 0.625. The van der Waals surface area contributed by atoms with Crippen molar-refractivity contribution < 1.29 is 9.59 Å². The summed E-state index contributed by atoms with van der Waals surface area (Å²) < 4.78 is 0. The number of aromatic nitrogens is 2. The van der Waals surface area contributed by atoms with E-state index >= 15 is 0 Å². The number of hydrogen-bond donors (Lipinski definition) is 2. The highest BCUT2D eigenvalue weighted by Gasteiger charge is 2.42. The zero-order valence-corrected chi connectivity index (χ0v) is 18.7. The lowest BCUT2D eigenvalue weighted by Gasteiger charge is -2.42. The molecule has 2 bridgehead atoms. The van der Waals surface area contributed by atoms with Crippen molar-refractivity contribution in [1.29, 1.82) is 0 Å². The van der Waals surface area contributed by atoms with Crippen LogP contribution in [0.5, 0.6) is 0 Å². The van der Waals surface area contributed by atoms with Gasteiger partial charge in [0.25, 0.3) is 0 Å². The number of nitrogens with one attached hydrogen (secondary N) is 2. The summed E-state index contributed by atoms with van der Waals surface area (Å²) in [6, 6.07) is 5.26. The number of carbonyl (C=O) groups is 2. The number of anilines is 2. The molecule has 8 nitrogen and oxygen atoms in total. The zero-order valence-electron chi connectivity index (χ0n) is 18.7. The summed E-state index contributed by atoms with van der Waals surface area (Å²) in [5.41, 5.74) is 1.93. The maximum atomic E-state index is 13.0. The first-order valence-corrected chi connectivity index (χ1v) is 12.2. The summed E-state index contributed by atoms with van der Waals surface area (Å²) in [4.78, 5) is 40.1. The highest BCUT2D eigenvalue weighted by atomic mass is 16.2. The molecule has 0 radical (unpaired) electrons. The number of pyridine rings is 1. The van der Waals surface area contributed by atoms with Crippen LogP contribution >= 0.6 is 0 Å². The monoisotopic (exact) mass is 436 g/mol. The lowest BCUT2D eigenvalue weighted by atomic mass is 10.1. The van der Waals surface area contributed by atoms with Gasteiger partial charge >= 0.3 is 0 Å². The topological polar surface area (TPSA) is 84.6 Å². The summed E-state index contributed by atoms with van der Waals surface area (Å²) in [5.74, 6) is 1.14. The van der Waals surface area contributed by atoms with Gasteiger partial charge in [-0.25, -0.2) is 4.98 Å². The Kier molecular flexibility index (Phi) is 4.86. The van der Waals surface area contributed by atoms with Crippen LogP contribution in [-0.2, 0) is 9.59 Å². The van der Waals surface area contributed by atoms with E-state index in [1.807, 2.05) is 12.3 Å². The minimum absolute atomic E-state index is 0.0777. The molecule has 1 aliphatic carbocycles. The Hall–Kier alpha value is -2.61. The molecule has 32 heavy (non-hydrogen) atoms. The van der Waals surface area contributed by atoms with Crippen LogP contribution in [0.25, 0.3) is 11.0 Å². The third kappa shape index (κ3) is 3.54. The molecule has 4 fully saturated rings. The molecule has 0 aromatic carbocycles. The molecule has 8 heteroatoms. The smallest absolute Gasteiger partial charge is 0.237 e. The van der Waals surface area contributed by atoms with E-state index in [0.717, 1.165) is 74.9 Å². The van der Waals surface area contributed by atoms with Crippen molar-refractivity contribution in [3.63, 3.8) is 0 Å². The van der Waals surface area contributed by atoms with Crippen molar-refractivity contribution in [2.45, 2.75) is 63.6 Å². The number of H-pyrrole nitrogens is 1. The third-order valence-corrected chi connectivity index (χ3v) is 7.87. The van der Waals surface area contributed by atoms with Crippen LogP contribution in [0.15, 0.2) is 18.3 Å². The van der Waals surface area contributed by atoms with Crippen molar-refractivity contribution in [3.05, 3.63) is 18.3 Å². The molecular formula is C24H32N6O2. The van der Waals surface area contributed by atoms with E-state index in [2.05, 4.69) is 43.0 Å². The number of rotatable bonds is 5. The van der Waals surface area contributed by atoms with Crippen molar-refractivity contribution in [3.8, 4) is 0 Å². The quantitative estimate of drug-likeness (QED) is 0.753. The van der Waals surface area contributed by atoms with E-state index in [1.54, 1.807) is 0 Å². The normalized spacial score (nSPS) is 28.0. The first-order valence-electron chi connectivity index (χ1n) is 12.2. The highest BCUT2D eigenvalue weighted by Crippen LogP contribution is 2.37. The minimum atomic E-state index is 0.0777. The van der Waals surface area contributed by atoms with Crippen molar-refractivity contribution in [2.24, 2.45) is 5.92 Å². The third-order valence-electron chi connectivity index (χ3n) is 7.87. The van der Waals surface area contributed by atoms with E-state index in [9.17, 15) is 9.59 Å². The fourth-order valence-electron chi connectivity index (χ4n) is 5.92. The van der Waals surface area contributed by atoms with Crippen molar-refractivity contribution >= 4 is 34.4 Å². The standard InChI is InChI=1S/C24H32N6O2/c1-15-3-2-10-29(15)22(31)14-30-17-6-7-18(30)13-28(12-17)20-11-21(27-24(32)16-4-5-16)26-23-19(20)8-9-25-23/h8-9,11,15-18H,2-7,10,12-14H2,1H3,(H2,25,26,27,32)/t15-,17?,18?/m0/s1. The van der Waals surface area contributed by atoms with Gasteiger partial charge in [-0.2, -0.15) is 0 Å². The molecule has 3 aliphatic heterocycles. The van der Waals surface area contributed by atoms with Gasteiger partial charge in [-0.1, -0.05) is 0 Å². The number of aromatic amines is 1. The van der Waals surface area contributed by atoms with Crippen LogP contribution in [0.4, 0.5) is 11.5 Å². The Morgan fingerprint density at radius 2 is 1.94 bits per heavy atom. The van der Waals surface area contributed by atoms with Gasteiger partial charge in [0.2, 0.25) is 11.8 Å². The molecule has 4 aliphatic rings. The van der Waals surface area contributed by atoms with Crippen molar-refractivity contribution in [2.75, 3.05) is 36.4 Å². The van der Waals surface area contributed by atoms with Crippen LogP contribution in [0, 0.1) is 5.92 Å². The van der Waals surface area contributed by atoms with E-state index in [4.69, 9.17) is 0 Å². The first-order chi connectivity index (χ1) is 15.6. The lowest BCUT2D eigenvalue weighted by Crippen LogP contribution is -2.56. The molecule has 3 saturated heterocycles. The zero-order chi connectivity index (χ0) is 21.8. The van der Waals surface area contributed by atoms with Crippen LogP contribution in [-0.4, -0.2) is 75.9 Å². The number of hydrogen-bond acceptors (Lipinski definition) is 5. The van der Waals surface area contributed by atoms with E-state index in [0.29, 0.717) is 36.4 Å². The number of nitrogens with zero attached hydrogens (tertiary/aromatic N) is 4. The molecule has 2 amide bonds. The molecule has 6 rings (SSSR count). The SMILES string of the molecule is C[C@H]1CCCN1C(=O)CN1C2CCC1CN(c1cc(NC(=O)C3CC3)nc3[nH]ccc13)C2. The van der Waals surface area contributed by atoms with Gasteiger partial charge in [0.05, 0.1) is 12.2 Å². The van der Waals surface area contributed by atoms with Gasteiger partial charge in [-0.05, 0) is 51.5 Å². The number of fused-ring (bicyclic) bond motifs is 3. The van der Waals surface area contributed by atoms with Crippen LogP contribution in [0.2, 0.25) is 0 Å². The molecule has 2 aromatic rings. The van der Waals surface area contributed by atoms with E-state index in [1.165, 1.54) is 0 Å². The highest BCUT2D eigenvalue weighted by molar-refractivity contribution is 5.97. The molecule has 2 N–H and O–H groups in total. The van der Waals surface area contributed by atoms with Gasteiger partial charge in [0.1, 0.15) is 11.5 Å². The summed E-state index contributed by atoms with van der Waals surface area (Å²) in [5, 5.41) is 4.10. The van der Waals surface area contributed by atoms with Gasteiger partial charge in [-0.15, -0.1) is 0 Å². The van der Waals surface area contributed by atoms with Crippen LogP contribution in [0.3, 0.4) is 0 Å². The second-order valence-electron chi connectivity index (χ2n) is 10.1. The molecule has 1 saturated carbocycles. The van der Waals surface area contributed by atoms with Gasteiger partial charge in [0.15, 0.2) is 0 Å². The minimum Gasteiger partial charge on any atom is -0.368 e. The van der Waals surface area contributed by atoms with E-state index < -0.39 is 0 Å². The van der Waals surface area contributed by atoms with Crippen LogP contribution in [0.1, 0.15) is 45.4 Å². The Bertz CT molecular complexity index is 1030. The van der Waals surface area contributed by atoms with Gasteiger partial charge in [-0.3, -0.25) is 14.5 Å². The second-order valence-corrected chi connectivity index (χ2v) is 10.1. The lowest BCUT2D eigenvalue weighted by molar-refractivity contribution is -0.133. The maximum absolute atomic E-state index is 13.0.